The van der Waals surface area contributed by atoms with E-state index in [-0.39, 0.29) is 0 Å². The van der Waals surface area contributed by atoms with E-state index in [9.17, 15) is 0 Å². The minimum absolute atomic E-state index is 0.567. The molecule has 2 rings (SSSR count). The summed E-state index contributed by atoms with van der Waals surface area (Å²) in [5.74, 6) is 0.567. The highest BCUT2D eigenvalue weighted by Crippen LogP contribution is 2.06. The summed E-state index contributed by atoms with van der Waals surface area (Å²) in [6.07, 6.45) is 1.89. The van der Waals surface area contributed by atoms with Gasteiger partial charge in [0, 0.05) is 6.20 Å². The minimum atomic E-state index is 0.567. The first-order valence-electron chi connectivity index (χ1n) is 4.58. The maximum atomic E-state index is 5.53. The largest absolute Gasteiger partial charge is 0.382 e. The zero-order valence-corrected chi connectivity index (χ0v) is 8.14. The molecule has 0 atom stereocenters. The van der Waals surface area contributed by atoms with Crippen molar-refractivity contribution in [2.45, 2.75) is 13.5 Å². The van der Waals surface area contributed by atoms with Crippen molar-refractivity contribution in [2.24, 2.45) is 0 Å². The molecule has 14 heavy (non-hydrogen) atoms. The monoisotopic (exact) mass is 187 g/mol. The predicted octanol–water partition coefficient (Wildman–Crippen LogP) is 1.82. The molecule has 0 radical (unpaired) electrons. The number of nitrogens with zero attached hydrogens (tertiary/aromatic N) is 2. The van der Waals surface area contributed by atoms with Gasteiger partial charge < -0.3 is 5.73 Å². The van der Waals surface area contributed by atoms with Gasteiger partial charge in [-0.3, -0.25) is 4.68 Å². The normalized spacial score (nSPS) is 10.4. The molecule has 2 aromatic rings. The Labute approximate surface area is 83.2 Å². The topological polar surface area (TPSA) is 43.8 Å². The van der Waals surface area contributed by atoms with Crippen LogP contribution in [0.3, 0.4) is 0 Å². The van der Waals surface area contributed by atoms with Crippen LogP contribution in [0.1, 0.15) is 11.1 Å². The van der Waals surface area contributed by atoms with Gasteiger partial charge in [-0.25, -0.2) is 0 Å². The Bertz CT molecular complexity index is 432. The number of nitrogens with two attached hydrogens (primary N) is 1. The third-order valence-electron chi connectivity index (χ3n) is 2.09. The lowest BCUT2D eigenvalue weighted by molar-refractivity contribution is 0.690. The standard InChI is InChI=1S/C11H13N3/c1-9-3-2-4-10(7-9)8-14-6-5-11(12)13-14/h2-7H,8H2,1H3,(H2,12,13). The van der Waals surface area contributed by atoms with Crippen LogP contribution in [0.25, 0.3) is 0 Å². The average Bonchev–Trinajstić information content (AvgIpc) is 2.51. The molecule has 0 unspecified atom stereocenters. The van der Waals surface area contributed by atoms with Gasteiger partial charge in [0.2, 0.25) is 0 Å². The number of anilines is 1. The van der Waals surface area contributed by atoms with E-state index in [0.717, 1.165) is 6.54 Å². The molecule has 0 bridgehead atoms. The molecule has 3 heteroatoms. The molecule has 3 nitrogen and oxygen atoms in total. The Kier molecular flexibility index (Phi) is 2.23. The highest BCUT2D eigenvalue weighted by Gasteiger charge is 1.96. The van der Waals surface area contributed by atoms with Crippen LogP contribution in [0, 0.1) is 6.92 Å². The van der Waals surface area contributed by atoms with Gasteiger partial charge in [-0.1, -0.05) is 29.8 Å². The molecular weight excluding hydrogens is 174 g/mol. The van der Waals surface area contributed by atoms with Crippen LogP contribution in [-0.2, 0) is 6.54 Å². The molecule has 0 amide bonds. The van der Waals surface area contributed by atoms with E-state index in [4.69, 9.17) is 5.73 Å². The molecule has 0 aliphatic rings. The van der Waals surface area contributed by atoms with Gasteiger partial charge in [0.15, 0.2) is 0 Å². The molecule has 0 spiro atoms. The SMILES string of the molecule is Cc1cccc(Cn2ccc(N)n2)c1. The van der Waals surface area contributed by atoms with Gasteiger partial charge >= 0.3 is 0 Å². The number of hydrogen-bond acceptors (Lipinski definition) is 2. The Morgan fingerprint density at radius 2 is 2.21 bits per heavy atom. The van der Waals surface area contributed by atoms with Crippen molar-refractivity contribution in [1.29, 1.82) is 0 Å². The number of hydrogen-bond donors (Lipinski definition) is 1. The zero-order chi connectivity index (χ0) is 9.97. The van der Waals surface area contributed by atoms with Crippen molar-refractivity contribution in [3.63, 3.8) is 0 Å². The second-order valence-corrected chi connectivity index (χ2v) is 3.43. The molecule has 0 saturated heterocycles. The molecule has 1 aromatic heterocycles. The summed E-state index contributed by atoms with van der Waals surface area (Å²) in [6.45, 7) is 2.86. The maximum absolute atomic E-state index is 5.53. The van der Waals surface area contributed by atoms with E-state index in [1.807, 2.05) is 10.9 Å². The summed E-state index contributed by atoms with van der Waals surface area (Å²) in [5.41, 5.74) is 8.04. The first-order valence-corrected chi connectivity index (χ1v) is 4.58. The van der Waals surface area contributed by atoms with E-state index < -0.39 is 0 Å². The Morgan fingerprint density at radius 3 is 2.86 bits per heavy atom. The lowest BCUT2D eigenvalue weighted by Gasteiger charge is -2.02. The van der Waals surface area contributed by atoms with E-state index in [2.05, 4.69) is 36.3 Å². The fourth-order valence-corrected chi connectivity index (χ4v) is 1.46. The lowest BCUT2D eigenvalue weighted by Crippen LogP contribution is -2.01. The summed E-state index contributed by atoms with van der Waals surface area (Å²) in [6, 6.07) is 10.2. The van der Waals surface area contributed by atoms with Crippen molar-refractivity contribution in [3.05, 3.63) is 47.7 Å². The molecular formula is C11H13N3. The van der Waals surface area contributed by atoms with Gasteiger partial charge in [0.05, 0.1) is 6.54 Å². The first-order chi connectivity index (χ1) is 6.74. The molecule has 1 aromatic carbocycles. The summed E-state index contributed by atoms with van der Waals surface area (Å²) in [5, 5.41) is 4.13. The van der Waals surface area contributed by atoms with Crippen molar-refractivity contribution in [1.82, 2.24) is 9.78 Å². The van der Waals surface area contributed by atoms with Crippen LogP contribution in [0.4, 0.5) is 5.82 Å². The molecule has 0 fully saturated rings. The van der Waals surface area contributed by atoms with Crippen LogP contribution >= 0.6 is 0 Å². The van der Waals surface area contributed by atoms with Crippen molar-refractivity contribution in [3.8, 4) is 0 Å². The van der Waals surface area contributed by atoms with Crippen LogP contribution < -0.4 is 5.73 Å². The Balaban J connectivity index is 2.18. The number of rotatable bonds is 2. The maximum Gasteiger partial charge on any atom is 0.145 e. The third kappa shape index (κ3) is 1.93. The number of nitrogen functional groups attached to an aromatic ring is 1. The zero-order valence-electron chi connectivity index (χ0n) is 8.14. The Morgan fingerprint density at radius 1 is 1.36 bits per heavy atom. The summed E-state index contributed by atoms with van der Waals surface area (Å²) < 4.78 is 1.84. The molecule has 1 heterocycles. The molecule has 0 aliphatic heterocycles. The summed E-state index contributed by atoms with van der Waals surface area (Å²) in [4.78, 5) is 0. The second-order valence-electron chi connectivity index (χ2n) is 3.43. The molecule has 72 valence electrons. The van der Waals surface area contributed by atoms with E-state index in [1.165, 1.54) is 11.1 Å². The van der Waals surface area contributed by atoms with Crippen LogP contribution in [-0.4, -0.2) is 9.78 Å². The van der Waals surface area contributed by atoms with Gasteiger partial charge in [-0.05, 0) is 18.6 Å². The molecule has 0 aliphatic carbocycles. The highest BCUT2D eigenvalue weighted by molar-refractivity contribution is 5.26. The number of aromatic nitrogens is 2. The quantitative estimate of drug-likeness (QED) is 0.779. The number of aryl methyl sites for hydroxylation is 1. The van der Waals surface area contributed by atoms with Crippen LogP contribution in [0.15, 0.2) is 36.5 Å². The third-order valence-corrected chi connectivity index (χ3v) is 2.09. The first kappa shape index (κ1) is 8.81. The van der Waals surface area contributed by atoms with Crippen molar-refractivity contribution in [2.75, 3.05) is 5.73 Å². The minimum Gasteiger partial charge on any atom is -0.382 e. The van der Waals surface area contributed by atoms with Crippen molar-refractivity contribution < 1.29 is 0 Å². The fourth-order valence-electron chi connectivity index (χ4n) is 1.46. The van der Waals surface area contributed by atoms with Crippen molar-refractivity contribution >= 4 is 5.82 Å². The molecule has 0 saturated carbocycles. The van der Waals surface area contributed by atoms with Gasteiger partial charge in [-0.2, -0.15) is 5.10 Å². The van der Waals surface area contributed by atoms with Crippen LogP contribution in [0.2, 0.25) is 0 Å². The van der Waals surface area contributed by atoms with E-state index >= 15 is 0 Å². The van der Waals surface area contributed by atoms with E-state index in [0.29, 0.717) is 5.82 Å². The number of benzene rings is 1. The lowest BCUT2D eigenvalue weighted by atomic mass is 10.1. The van der Waals surface area contributed by atoms with Gasteiger partial charge in [-0.15, -0.1) is 0 Å². The summed E-state index contributed by atoms with van der Waals surface area (Å²) >= 11 is 0. The smallest absolute Gasteiger partial charge is 0.145 e. The fraction of sp³-hybridized carbons (Fsp3) is 0.182. The molecule has 2 N–H and O–H groups in total. The van der Waals surface area contributed by atoms with Gasteiger partial charge in [0.1, 0.15) is 5.82 Å². The van der Waals surface area contributed by atoms with E-state index in [1.54, 1.807) is 6.07 Å². The summed E-state index contributed by atoms with van der Waals surface area (Å²) in [7, 11) is 0. The predicted molar refractivity (Wildman–Crippen MR) is 56.9 cm³/mol. The highest BCUT2D eigenvalue weighted by atomic mass is 15.3. The van der Waals surface area contributed by atoms with Crippen LogP contribution in [0.5, 0.6) is 0 Å². The average molecular weight is 187 g/mol. The Hall–Kier alpha value is -1.77. The van der Waals surface area contributed by atoms with Gasteiger partial charge in [0.25, 0.3) is 0 Å². The second kappa shape index (κ2) is 3.54.